The smallest absolute Gasteiger partial charge is 1.00 e. The number of aliphatic imine (C=N–C) groups is 1. The molecular weight excluding hydrogens is 867 g/mol. The number of rotatable bonds is 3. The second-order valence-corrected chi connectivity index (χ2v) is 10.5. The van der Waals surface area contributed by atoms with E-state index >= 15 is 0 Å². The molecule has 0 aliphatic carbocycles. The molecule has 3 heterocycles. The predicted molar refractivity (Wildman–Crippen MR) is 145 cm³/mol. The van der Waals surface area contributed by atoms with Crippen LogP contribution in [-0.4, -0.2) is 52.3 Å². The molecule has 0 spiro atoms. The van der Waals surface area contributed by atoms with E-state index in [0.29, 0.717) is 6.54 Å². The van der Waals surface area contributed by atoms with E-state index in [9.17, 15) is 9.50 Å². The first-order chi connectivity index (χ1) is 17.4. The predicted octanol–water partition coefficient (Wildman–Crippen LogP) is -0.787. The second kappa shape index (κ2) is 21.6. The molecule has 1 N–H and O–H groups in total. The van der Waals surface area contributed by atoms with Crippen LogP contribution in [0, 0.1) is 0 Å². The molecule has 0 saturated carbocycles. The van der Waals surface area contributed by atoms with Crippen molar-refractivity contribution in [3.05, 3.63) is 57.2 Å². The average molecular weight is 900 g/mol. The summed E-state index contributed by atoms with van der Waals surface area (Å²) in [5.41, 5.74) is 3.90. The van der Waals surface area contributed by atoms with Crippen molar-refractivity contribution in [1.29, 1.82) is 0 Å². The van der Waals surface area contributed by atoms with Crippen LogP contribution in [0.5, 0.6) is 0 Å². The van der Waals surface area contributed by atoms with Gasteiger partial charge in [0.25, 0.3) is 6.47 Å². The monoisotopic (exact) mass is 898 g/mol. The van der Waals surface area contributed by atoms with E-state index < -0.39 is 12.8 Å². The topological polar surface area (TPSA) is 112 Å². The summed E-state index contributed by atoms with van der Waals surface area (Å²) < 4.78 is 24.4. The Balaban J connectivity index is -0.000000476. The molecule has 0 amide bonds. The fourth-order valence-electron chi connectivity index (χ4n) is 2.84. The largest absolute Gasteiger partial charge is 1.00 e. The Morgan fingerprint density at radius 3 is 2.29 bits per heavy atom. The van der Waals surface area contributed by atoms with E-state index in [1.54, 1.807) is 20.2 Å². The minimum absolute atomic E-state index is 0. The Morgan fingerprint density at radius 1 is 1.29 bits per heavy atom. The Labute approximate surface area is 360 Å². The molecule has 2 aromatic carbocycles. The zero-order chi connectivity index (χ0) is 28.1. The quantitative estimate of drug-likeness (QED) is 0.160. The minimum Gasteiger partial charge on any atom is -1.00 e. The first kappa shape index (κ1) is 39.9. The number of alkyl halides is 1. The van der Waals surface area contributed by atoms with Crippen molar-refractivity contribution in [2.75, 3.05) is 13.8 Å². The molecule has 0 bridgehead atoms. The Kier molecular flexibility index (Phi) is 22.7. The molecule has 2 aliphatic rings. The number of ether oxygens (including phenoxy) is 1. The van der Waals surface area contributed by atoms with E-state index in [2.05, 4.69) is 66.6 Å². The molecule has 1 saturated heterocycles. The molecule has 3 aromatic rings. The van der Waals surface area contributed by atoms with Crippen LogP contribution in [0.4, 0.5) is 10.1 Å². The van der Waals surface area contributed by atoms with Crippen LogP contribution in [0.2, 0.25) is 0 Å². The van der Waals surface area contributed by atoms with Crippen LogP contribution < -0.4 is 143 Å². The second-order valence-electron chi connectivity index (χ2n) is 8.80. The van der Waals surface area contributed by atoms with Crippen molar-refractivity contribution in [3.63, 3.8) is 0 Å². The summed E-state index contributed by atoms with van der Waals surface area (Å²) in [7, 11) is -1.00. The summed E-state index contributed by atoms with van der Waals surface area (Å²) in [4.78, 5) is 19.8. The molecule has 0 radical (unpaired) electrons. The first-order valence-corrected chi connectivity index (χ1v) is 12.3. The van der Waals surface area contributed by atoms with Gasteiger partial charge in [-0.3, -0.25) is 14.2 Å². The number of imidazole rings is 1. The Hall–Kier alpha value is 1.92. The molecule has 5 rings (SSSR count). The van der Waals surface area contributed by atoms with Crippen molar-refractivity contribution < 1.29 is 170 Å². The van der Waals surface area contributed by atoms with Gasteiger partial charge in [0, 0.05) is 21.6 Å². The van der Waals surface area contributed by atoms with Crippen LogP contribution >= 0.6 is 31.9 Å². The summed E-state index contributed by atoms with van der Waals surface area (Å²) >= 11 is 6.88. The summed E-state index contributed by atoms with van der Waals surface area (Å²) in [6, 6.07) is 12.1. The zero-order valence-corrected chi connectivity index (χ0v) is 38.3. The zero-order valence-electron chi connectivity index (χ0n) is 24.6. The molecule has 200 valence electrons. The van der Waals surface area contributed by atoms with Gasteiger partial charge in [-0.15, -0.1) is 0 Å². The SMILES string of the molecule is Brc1cccc2c1N=CC2.CC(C)(O)Cn1cnc2c(Br)cccc21.CC1(C)CO1.O=CO[O-].[2H]CF.[Cs+].[Cs+].[H-]. The first-order valence-electron chi connectivity index (χ1n) is 11.4. The molecule has 13 heteroatoms. The number of hydrogen-bond donors (Lipinski definition) is 1. The van der Waals surface area contributed by atoms with Gasteiger partial charge in [-0.25, -0.2) is 4.98 Å². The number of carbonyl (C=O) groups excluding carboxylic acids is 1. The van der Waals surface area contributed by atoms with E-state index in [0.717, 1.165) is 38.7 Å². The number of fused-ring (bicyclic) bond motifs is 2. The van der Waals surface area contributed by atoms with Crippen molar-refractivity contribution in [2.24, 2.45) is 4.99 Å². The average Bonchev–Trinajstić information content (AvgIpc) is 3.18. The Bertz CT molecular complexity index is 1160. The third-order valence-electron chi connectivity index (χ3n) is 4.52. The molecule has 1 fully saturated rings. The number of carbonyl (C=O) groups is 1. The van der Waals surface area contributed by atoms with Crippen LogP contribution in [0.3, 0.4) is 0 Å². The Morgan fingerprint density at radius 2 is 1.82 bits per heavy atom. The number of nitrogens with zero attached hydrogens (tertiary/aromatic N) is 3. The minimum atomic E-state index is -1.00. The maximum atomic E-state index is 9.96. The molecule has 38 heavy (non-hydrogen) atoms. The number of aliphatic hydroxyl groups is 1. The van der Waals surface area contributed by atoms with Crippen molar-refractivity contribution >= 4 is 61.3 Å². The fourth-order valence-corrected chi connectivity index (χ4v) is 3.81. The van der Waals surface area contributed by atoms with Crippen LogP contribution in [0.25, 0.3) is 11.0 Å². The maximum absolute atomic E-state index is 9.96. The standard InChI is InChI=1S/C11H13BrN2O.C8H6BrN.C4H8O.CH3F.CH2O3.2Cs.H/c1-11(2,15)6-14-7-13-10-8(12)4-3-5-9(10)14;9-7-3-1-2-6-4-5-10-8(6)7;1-4(2)3-5-4;1-2;2-1-4-3;;;/h3-5,7,15H,6H2,1-2H3;1-3,5H,4H2;3H2,1-2H3;1H3;1,3H;;;/q;;;;;2*+1;-1/p-1/i;;;1D;;;;. The van der Waals surface area contributed by atoms with E-state index in [4.69, 9.17) is 16.2 Å². The van der Waals surface area contributed by atoms with Gasteiger partial charge in [-0.2, -0.15) is 0 Å². The van der Waals surface area contributed by atoms with Crippen molar-refractivity contribution in [3.8, 4) is 0 Å². The van der Waals surface area contributed by atoms with Gasteiger partial charge in [0.15, 0.2) is 0 Å². The summed E-state index contributed by atoms with van der Waals surface area (Å²) in [5, 5.41) is 18.2. The number of epoxide rings is 1. The number of benzene rings is 2. The summed E-state index contributed by atoms with van der Waals surface area (Å²) in [6.45, 7) is 9.04. The van der Waals surface area contributed by atoms with Gasteiger partial charge in [-0.05, 0) is 83.3 Å². The molecule has 0 unspecified atom stereocenters. The van der Waals surface area contributed by atoms with Gasteiger partial charge < -0.3 is 26.0 Å². The van der Waals surface area contributed by atoms with Gasteiger partial charge >= 0.3 is 138 Å². The van der Waals surface area contributed by atoms with Crippen molar-refractivity contribution in [1.82, 2.24) is 9.55 Å². The number of aromatic nitrogens is 2. The molecule has 1 aromatic heterocycles. The number of halogens is 3. The molecular formula is C25H32Br2Cs2FN3O5. The molecule has 8 nitrogen and oxygen atoms in total. The van der Waals surface area contributed by atoms with E-state index in [1.165, 1.54) is 5.56 Å². The maximum Gasteiger partial charge on any atom is 1.00 e. The van der Waals surface area contributed by atoms with Crippen LogP contribution in [-0.2, 0) is 27.4 Å². The van der Waals surface area contributed by atoms with Crippen LogP contribution in [0.15, 0.2) is 56.7 Å². The normalized spacial score (nSPS) is 13.4. The summed E-state index contributed by atoms with van der Waals surface area (Å²) in [5.74, 6) is 0. The van der Waals surface area contributed by atoms with Crippen molar-refractivity contribution in [2.45, 2.75) is 51.9 Å². The number of para-hydroxylation sites is 2. The van der Waals surface area contributed by atoms with Gasteiger partial charge in [-0.1, -0.05) is 18.2 Å². The third-order valence-corrected chi connectivity index (χ3v) is 5.80. The van der Waals surface area contributed by atoms with Gasteiger partial charge in [0.05, 0.1) is 50.4 Å². The van der Waals surface area contributed by atoms with E-state index in [1.807, 2.05) is 41.1 Å². The van der Waals surface area contributed by atoms with Gasteiger partial charge in [0.2, 0.25) is 0 Å². The van der Waals surface area contributed by atoms with E-state index in [-0.39, 0.29) is 151 Å². The summed E-state index contributed by atoms with van der Waals surface area (Å²) in [6.07, 6.45) is 4.68. The third kappa shape index (κ3) is 16.5. The fraction of sp³-hybridized carbons (Fsp3) is 0.400. The number of hydrogen-bond acceptors (Lipinski definition) is 7. The molecule has 0 atom stereocenters. The molecule has 2 aliphatic heterocycles. The van der Waals surface area contributed by atoms with Gasteiger partial charge in [0.1, 0.15) is 5.52 Å². The van der Waals surface area contributed by atoms with Crippen LogP contribution in [0.1, 0.15) is 36.1 Å².